The minimum absolute atomic E-state index is 0.00461. The van der Waals surface area contributed by atoms with Gasteiger partial charge in [0.1, 0.15) is 5.75 Å². The first-order valence-corrected chi connectivity index (χ1v) is 5.46. The molecule has 1 N–H and O–H groups in total. The predicted octanol–water partition coefficient (Wildman–Crippen LogP) is 3.19. The maximum absolute atomic E-state index is 12.0. The molecular formula is C10H9BrF2O3. The molecule has 0 spiro atoms. The number of carbonyl (C=O) groups is 1. The number of hydrogen-bond donors (Lipinski definition) is 1. The molecule has 0 saturated carbocycles. The summed E-state index contributed by atoms with van der Waals surface area (Å²) in [7, 11) is 0. The van der Waals surface area contributed by atoms with Crippen LogP contribution in [-0.4, -0.2) is 17.7 Å². The standard InChI is InChI=1S/C10H9BrF2O3/c1-5-7(16-10(12)13)3-2-6(4-11)8(5)9(14)15/h2-3,10H,4H2,1H3,(H,14,15). The summed E-state index contributed by atoms with van der Waals surface area (Å²) >= 11 is 3.13. The Morgan fingerprint density at radius 2 is 2.19 bits per heavy atom. The fourth-order valence-electron chi connectivity index (χ4n) is 1.38. The summed E-state index contributed by atoms with van der Waals surface area (Å²) in [4.78, 5) is 11.0. The quantitative estimate of drug-likeness (QED) is 0.868. The average molecular weight is 295 g/mol. The third-order valence-electron chi connectivity index (χ3n) is 2.08. The van der Waals surface area contributed by atoms with E-state index in [0.717, 1.165) is 0 Å². The topological polar surface area (TPSA) is 46.5 Å². The van der Waals surface area contributed by atoms with Crippen molar-refractivity contribution < 1.29 is 23.4 Å². The molecule has 0 atom stereocenters. The van der Waals surface area contributed by atoms with Gasteiger partial charge in [-0.25, -0.2) is 4.79 Å². The lowest BCUT2D eigenvalue weighted by Crippen LogP contribution is -2.09. The zero-order chi connectivity index (χ0) is 12.3. The lowest BCUT2D eigenvalue weighted by atomic mass is 10.0. The van der Waals surface area contributed by atoms with Crippen molar-refractivity contribution in [3.63, 3.8) is 0 Å². The van der Waals surface area contributed by atoms with Crippen molar-refractivity contribution in [2.24, 2.45) is 0 Å². The molecule has 0 aromatic heterocycles. The van der Waals surface area contributed by atoms with E-state index in [1.165, 1.54) is 19.1 Å². The van der Waals surface area contributed by atoms with Gasteiger partial charge in [0.2, 0.25) is 0 Å². The lowest BCUT2D eigenvalue weighted by molar-refractivity contribution is -0.0503. The predicted molar refractivity (Wildman–Crippen MR) is 57.4 cm³/mol. The largest absolute Gasteiger partial charge is 0.478 e. The molecule has 0 aliphatic rings. The molecule has 0 aliphatic heterocycles. The molecule has 0 heterocycles. The Balaban J connectivity index is 3.26. The Morgan fingerprint density at radius 1 is 1.56 bits per heavy atom. The van der Waals surface area contributed by atoms with Crippen molar-refractivity contribution in [2.75, 3.05) is 0 Å². The number of halogens is 3. The first-order chi connectivity index (χ1) is 7.47. The van der Waals surface area contributed by atoms with Crippen molar-refractivity contribution in [3.8, 4) is 5.75 Å². The highest BCUT2D eigenvalue weighted by molar-refractivity contribution is 9.08. The Morgan fingerprint density at radius 3 is 2.62 bits per heavy atom. The fraction of sp³-hybridized carbons (Fsp3) is 0.300. The van der Waals surface area contributed by atoms with Crippen molar-refractivity contribution in [2.45, 2.75) is 18.9 Å². The van der Waals surface area contributed by atoms with Crippen LogP contribution in [0.5, 0.6) is 5.75 Å². The molecule has 0 aliphatic carbocycles. The molecule has 0 fully saturated rings. The van der Waals surface area contributed by atoms with Gasteiger partial charge in [-0.3, -0.25) is 0 Å². The summed E-state index contributed by atoms with van der Waals surface area (Å²) in [5, 5.41) is 9.31. The first-order valence-electron chi connectivity index (χ1n) is 4.34. The molecule has 0 radical (unpaired) electrons. The second kappa shape index (κ2) is 5.25. The number of carboxylic acids is 1. The minimum Gasteiger partial charge on any atom is -0.478 e. The number of carboxylic acid groups (broad SMARTS) is 1. The molecule has 0 saturated heterocycles. The number of benzene rings is 1. The number of aromatic carboxylic acids is 1. The minimum atomic E-state index is -2.96. The van der Waals surface area contributed by atoms with Crippen molar-refractivity contribution >= 4 is 21.9 Å². The van der Waals surface area contributed by atoms with Gasteiger partial charge in [-0.05, 0) is 18.6 Å². The lowest BCUT2D eigenvalue weighted by Gasteiger charge is -2.12. The van der Waals surface area contributed by atoms with Gasteiger partial charge in [-0.2, -0.15) is 8.78 Å². The van der Waals surface area contributed by atoms with Crippen LogP contribution in [-0.2, 0) is 5.33 Å². The third-order valence-corrected chi connectivity index (χ3v) is 2.68. The number of hydrogen-bond acceptors (Lipinski definition) is 2. The first kappa shape index (κ1) is 12.9. The van der Waals surface area contributed by atoms with Gasteiger partial charge in [-0.1, -0.05) is 22.0 Å². The van der Waals surface area contributed by atoms with E-state index in [1.807, 2.05) is 0 Å². The van der Waals surface area contributed by atoms with Gasteiger partial charge in [0, 0.05) is 10.9 Å². The number of alkyl halides is 3. The van der Waals surface area contributed by atoms with Crippen LogP contribution >= 0.6 is 15.9 Å². The van der Waals surface area contributed by atoms with E-state index >= 15 is 0 Å². The maximum atomic E-state index is 12.0. The Kier molecular flexibility index (Phi) is 4.23. The van der Waals surface area contributed by atoms with E-state index in [1.54, 1.807) is 0 Å². The van der Waals surface area contributed by atoms with Gasteiger partial charge in [0.05, 0.1) is 5.56 Å². The van der Waals surface area contributed by atoms with Gasteiger partial charge in [0.15, 0.2) is 0 Å². The van der Waals surface area contributed by atoms with Crippen molar-refractivity contribution in [3.05, 3.63) is 28.8 Å². The van der Waals surface area contributed by atoms with Crippen molar-refractivity contribution in [1.29, 1.82) is 0 Å². The van der Waals surface area contributed by atoms with E-state index < -0.39 is 12.6 Å². The monoisotopic (exact) mass is 294 g/mol. The number of rotatable bonds is 4. The van der Waals surface area contributed by atoms with Gasteiger partial charge < -0.3 is 9.84 Å². The van der Waals surface area contributed by atoms with E-state index in [4.69, 9.17) is 5.11 Å². The summed E-state index contributed by atoms with van der Waals surface area (Å²) in [6.07, 6.45) is 0. The molecule has 0 amide bonds. The van der Waals surface area contributed by atoms with Crippen LogP contribution in [0.2, 0.25) is 0 Å². The summed E-state index contributed by atoms with van der Waals surface area (Å²) in [5.74, 6) is -1.27. The molecule has 1 aromatic rings. The summed E-state index contributed by atoms with van der Waals surface area (Å²) in [5.41, 5.74) is 0.714. The summed E-state index contributed by atoms with van der Waals surface area (Å²) < 4.78 is 28.3. The van der Waals surface area contributed by atoms with Crippen LogP contribution in [0, 0.1) is 6.92 Å². The van der Waals surface area contributed by atoms with E-state index in [0.29, 0.717) is 10.9 Å². The molecule has 0 unspecified atom stereocenters. The van der Waals surface area contributed by atoms with Crippen LogP contribution in [0.25, 0.3) is 0 Å². The third kappa shape index (κ3) is 2.69. The smallest absolute Gasteiger partial charge is 0.387 e. The highest BCUT2D eigenvalue weighted by Crippen LogP contribution is 2.27. The van der Waals surface area contributed by atoms with Crippen molar-refractivity contribution in [1.82, 2.24) is 0 Å². The second-order valence-electron chi connectivity index (χ2n) is 3.04. The zero-order valence-electron chi connectivity index (χ0n) is 8.34. The molecule has 16 heavy (non-hydrogen) atoms. The van der Waals surface area contributed by atoms with Crippen LogP contribution in [0.4, 0.5) is 8.78 Å². The normalized spacial score (nSPS) is 10.6. The van der Waals surface area contributed by atoms with Crippen LogP contribution in [0.15, 0.2) is 12.1 Å². The SMILES string of the molecule is Cc1c(OC(F)F)ccc(CBr)c1C(=O)O. The van der Waals surface area contributed by atoms with Crippen LogP contribution in [0.3, 0.4) is 0 Å². The molecule has 1 rings (SSSR count). The fourth-order valence-corrected chi connectivity index (χ4v) is 1.85. The summed E-state index contributed by atoms with van der Waals surface area (Å²) in [6.45, 7) is -1.52. The molecular weight excluding hydrogens is 286 g/mol. The van der Waals surface area contributed by atoms with E-state index in [2.05, 4.69) is 20.7 Å². The number of ether oxygens (including phenoxy) is 1. The van der Waals surface area contributed by atoms with Gasteiger partial charge >= 0.3 is 12.6 Å². The van der Waals surface area contributed by atoms with Crippen LogP contribution in [0.1, 0.15) is 21.5 Å². The highest BCUT2D eigenvalue weighted by Gasteiger charge is 2.18. The molecule has 6 heteroatoms. The molecule has 1 aromatic carbocycles. The Hall–Kier alpha value is -1.17. The van der Waals surface area contributed by atoms with E-state index in [-0.39, 0.29) is 16.9 Å². The zero-order valence-corrected chi connectivity index (χ0v) is 9.92. The highest BCUT2D eigenvalue weighted by atomic mass is 79.9. The van der Waals surface area contributed by atoms with Gasteiger partial charge in [-0.15, -0.1) is 0 Å². The Bertz CT molecular complexity index is 407. The van der Waals surface area contributed by atoms with Gasteiger partial charge in [0.25, 0.3) is 0 Å². The molecule has 88 valence electrons. The van der Waals surface area contributed by atoms with E-state index in [9.17, 15) is 13.6 Å². The Labute approximate surface area is 99.2 Å². The maximum Gasteiger partial charge on any atom is 0.387 e. The average Bonchev–Trinajstić information content (AvgIpc) is 2.19. The molecule has 3 nitrogen and oxygen atoms in total. The van der Waals surface area contributed by atoms with Crippen LogP contribution < -0.4 is 4.74 Å². The summed E-state index contributed by atoms with van der Waals surface area (Å²) in [6, 6.07) is 2.79. The second-order valence-corrected chi connectivity index (χ2v) is 3.60. The molecule has 0 bridgehead atoms.